The summed E-state index contributed by atoms with van der Waals surface area (Å²) >= 11 is 1.26. The van der Waals surface area contributed by atoms with E-state index in [1.54, 1.807) is 17.0 Å². The first-order chi connectivity index (χ1) is 7.58. The number of thiophene rings is 1. The molecule has 0 bridgehead atoms. The molecule has 0 radical (unpaired) electrons. The van der Waals surface area contributed by atoms with Gasteiger partial charge < -0.3 is 10.6 Å². The summed E-state index contributed by atoms with van der Waals surface area (Å²) in [7, 11) is 0. The van der Waals surface area contributed by atoms with E-state index in [-0.39, 0.29) is 17.7 Å². The molecule has 2 heterocycles. The van der Waals surface area contributed by atoms with Crippen LogP contribution in [0.5, 0.6) is 0 Å². The molecule has 1 amide bonds. The number of carbonyl (C=O) groups excluding carboxylic acids is 2. The second-order valence-electron chi connectivity index (χ2n) is 4.02. The predicted molar refractivity (Wildman–Crippen MR) is 62.8 cm³/mol. The van der Waals surface area contributed by atoms with Gasteiger partial charge in [-0.05, 0) is 25.5 Å². The lowest BCUT2D eigenvalue weighted by Crippen LogP contribution is -2.31. The minimum absolute atomic E-state index is 0.00201. The number of hydrogen-bond acceptors (Lipinski definition) is 4. The third-order valence-electron chi connectivity index (χ3n) is 2.68. The molecule has 5 heteroatoms. The molecule has 0 aliphatic carbocycles. The van der Waals surface area contributed by atoms with E-state index in [0.717, 1.165) is 6.42 Å². The zero-order valence-electron chi connectivity index (χ0n) is 9.10. The minimum Gasteiger partial charge on any atom is -0.336 e. The maximum Gasteiger partial charge on any atom is 0.263 e. The van der Waals surface area contributed by atoms with Crippen LogP contribution >= 0.6 is 11.3 Å². The van der Waals surface area contributed by atoms with E-state index in [1.165, 1.54) is 18.3 Å². The summed E-state index contributed by atoms with van der Waals surface area (Å²) in [6.45, 7) is 2.84. The van der Waals surface area contributed by atoms with E-state index in [0.29, 0.717) is 22.8 Å². The largest absolute Gasteiger partial charge is 0.336 e. The minimum atomic E-state index is -0.00884. The Bertz CT molecular complexity index is 427. The summed E-state index contributed by atoms with van der Waals surface area (Å²) in [4.78, 5) is 26.1. The highest BCUT2D eigenvalue weighted by atomic mass is 32.1. The van der Waals surface area contributed by atoms with Crippen LogP contribution in [0, 0.1) is 0 Å². The van der Waals surface area contributed by atoms with Crippen LogP contribution in [0.3, 0.4) is 0 Å². The molecule has 86 valence electrons. The summed E-state index contributed by atoms with van der Waals surface area (Å²) in [5.74, 6) is -0.00683. The fraction of sp³-hybridized carbons (Fsp3) is 0.455. The average Bonchev–Trinajstić information content (AvgIpc) is 2.84. The van der Waals surface area contributed by atoms with Gasteiger partial charge in [-0.3, -0.25) is 9.59 Å². The SMILES string of the molecule is CC(=O)c1ccc(C(=O)N2CCC(N)C2)s1. The maximum absolute atomic E-state index is 12.0. The van der Waals surface area contributed by atoms with Crippen molar-refractivity contribution in [3.05, 3.63) is 21.9 Å². The Morgan fingerprint density at radius 1 is 1.44 bits per heavy atom. The number of nitrogens with two attached hydrogens (primary N) is 1. The van der Waals surface area contributed by atoms with Gasteiger partial charge in [0.1, 0.15) is 0 Å². The lowest BCUT2D eigenvalue weighted by atomic mass is 10.3. The van der Waals surface area contributed by atoms with Gasteiger partial charge in [-0.2, -0.15) is 0 Å². The number of nitrogens with zero attached hydrogens (tertiary/aromatic N) is 1. The van der Waals surface area contributed by atoms with Crippen molar-refractivity contribution in [3.8, 4) is 0 Å². The van der Waals surface area contributed by atoms with E-state index in [9.17, 15) is 9.59 Å². The van der Waals surface area contributed by atoms with Crippen molar-refractivity contribution in [2.45, 2.75) is 19.4 Å². The van der Waals surface area contributed by atoms with Crippen LogP contribution in [0.25, 0.3) is 0 Å². The zero-order chi connectivity index (χ0) is 11.7. The molecule has 1 fully saturated rings. The Labute approximate surface area is 98.0 Å². The van der Waals surface area contributed by atoms with Crippen LogP contribution in [0.15, 0.2) is 12.1 Å². The van der Waals surface area contributed by atoms with Crippen molar-refractivity contribution < 1.29 is 9.59 Å². The summed E-state index contributed by atoms with van der Waals surface area (Å²) in [6, 6.07) is 3.51. The second-order valence-corrected chi connectivity index (χ2v) is 5.10. The van der Waals surface area contributed by atoms with Gasteiger partial charge in [0.15, 0.2) is 5.78 Å². The van der Waals surface area contributed by atoms with E-state index < -0.39 is 0 Å². The summed E-state index contributed by atoms with van der Waals surface area (Å²) < 4.78 is 0. The first-order valence-corrected chi connectivity index (χ1v) is 6.05. The molecule has 2 N–H and O–H groups in total. The average molecular weight is 238 g/mol. The lowest BCUT2D eigenvalue weighted by molar-refractivity contribution is 0.0795. The molecule has 0 saturated carbocycles. The number of likely N-dealkylation sites (tertiary alicyclic amines) is 1. The highest BCUT2D eigenvalue weighted by Gasteiger charge is 2.25. The van der Waals surface area contributed by atoms with Crippen LogP contribution in [-0.2, 0) is 0 Å². The highest BCUT2D eigenvalue weighted by molar-refractivity contribution is 7.15. The molecule has 4 nitrogen and oxygen atoms in total. The Morgan fingerprint density at radius 2 is 2.12 bits per heavy atom. The van der Waals surface area contributed by atoms with Gasteiger partial charge >= 0.3 is 0 Å². The molecular formula is C11H14N2O2S. The third-order valence-corrected chi connectivity index (χ3v) is 3.85. The molecule has 1 saturated heterocycles. The first kappa shape index (κ1) is 11.3. The molecule has 0 aromatic carbocycles. The maximum atomic E-state index is 12.0. The van der Waals surface area contributed by atoms with Crippen LogP contribution in [0.4, 0.5) is 0 Å². The first-order valence-electron chi connectivity index (χ1n) is 5.23. The normalized spacial score (nSPS) is 20.1. The van der Waals surface area contributed by atoms with E-state index in [4.69, 9.17) is 5.73 Å². The summed E-state index contributed by atoms with van der Waals surface area (Å²) in [5, 5.41) is 0. The standard InChI is InChI=1S/C11H14N2O2S/c1-7(14)9-2-3-10(16-9)11(15)13-5-4-8(12)6-13/h2-3,8H,4-6,12H2,1H3. The van der Waals surface area contributed by atoms with Crippen molar-refractivity contribution in [1.29, 1.82) is 0 Å². The monoisotopic (exact) mass is 238 g/mol. The van der Waals surface area contributed by atoms with Crippen molar-refractivity contribution >= 4 is 23.0 Å². The predicted octanol–water partition coefficient (Wildman–Crippen LogP) is 1.12. The van der Waals surface area contributed by atoms with Crippen LogP contribution in [0.1, 0.15) is 32.7 Å². The fourth-order valence-electron chi connectivity index (χ4n) is 1.77. The van der Waals surface area contributed by atoms with E-state index in [1.807, 2.05) is 0 Å². The molecule has 1 aliphatic rings. The number of carbonyl (C=O) groups is 2. The summed E-state index contributed by atoms with van der Waals surface area (Å²) in [5.41, 5.74) is 5.75. The molecule has 1 atom stereocenters. The molecule has 0 spiro atoms. The van der Waals surface area contributed by atoms with E-state index in [2.05, 4.69) is 0 Å². The highest BCUT2D eigenvalue weighted by Crippen LogP contribution is 2.20. The third kappa shape index (κ3) is 2.15. The quantitative estimate of drug-likeness (QED) is 0.785. The van der Waals surface area contributed by atoms with Gasteiger partial charge in [-0.25, -0.2) is 0 Å². The topological polar surface area (TPSA) is 63.4 Å². The van der Waals surface area contributed by atoms with Gasteiger partial charge in [0.25, 0.3) is 5.91 Å². The number of ketones is 1. The Kier molecular flexibility index (Phi) is 3.07. The molecule has 1 aliphatic heterocycles. The Balaban J connectivity index is 2.11. The Hall–Kier alpha value is -1.20. The Morgan fingerprint density at radius 3 is 2.62 bits per heavy atom. The lowest BCUT2D eigenvalue weighted by Gasteiger charge is -2.13. The van der Waals surface area contributed by atoms with Crippen molar-refractivity contribution in [2.24, 2.45) is 5.73 Å². The molecule has 2 rings (SSSR count). The molecule has 1 aromatic rings. The van der Waals surface area contributed by atoms with Crippen LogP contribution in [0.2, 0.25) is 0 Å². The van der Waals surface area contributed by atoms with Crippen molar-refractivity contribution in [3.63, 3.8) is 0 Å². The van der Waals surface area contributed by atoms with Gasteiger partial charge in [0.05, 0.1) is 9.75 Å². The molecule has 1 unspecified atom stereocenters. The van der Waals surface area contributed by atoms with Gasteiger partial charge in [-0.15, -0.1) is 11.3 Å². The van der Waals surface area contributed by atoms with Crippen molar-refractivity contribution in [1.82, 2.24) is 4.90 Å². The zero-order valence-corrected chi connectivity index (χ0v) is 9.92. The second kappa shape index (κ2) is 4.35. The number of Topliss-reactive ketones (excluding diaryl/α,β-unsaturated/α-hetero) is 1. The van der Waals surface area contributed by atoms with Gasteiger partial charge in [-0.1, -0.05) is 0 Å². The smallest absolute Gasteiger partial charge is 0.263 e. The fourth-order valence-corrected chi connectivity index (χ4v) is 2.64. The van der Waals surface area contributed by atoms with Gasteiger partial charge in [0, 0.05) is 19.1 Å². The molecule has 1 aromatic heterocycles. The number of rotatable bonds is 2. The number of hydrogen-bond donors (Lipinski definition) is 1. The van der Waals surface area contributed by atoms with Crippen LogP contribution < -0.4 is 5.73 Å². The van der Waals surface area contributed by atoms with Crippen molar-refractivity contribution in [2.75, 3.05) is 13.1 Å². The number of amides is 1. The van der Waals surface area contributed by atoms with Crippen LogP contribution in [-0.4, -0.2) is 35.7 Å². The van der Waals surface area contributed by atoms with E-state index >= 15 is 0 Å². The van der Waals surface area contributed by atoms with Gasteiger partial charge in [0.2, 0.25) is 0 Å². The summed E-state index contributed by atoms with van der Waals surface area (Å²) in [6.07, 6.45) is 0.858. The molecule has 16 heavy (non-hydrogen) atoms. The molecular weight excluding hydrogens is 224 g/mol.